The van der Waals surface area contributed by atoms with Gasteiger partial charge in [0.2, 0.25) is 5.91 Å². The summed E-state index contributed by atoms with van der Waals surface area (Å²) < 4.78 is 13.7. The van der Waals surface area contributed by atoms with Gasteiger partial charge >= 0.3 is 0 Å². The van der Waals surface area contributed by atoms with Crippen molar-refractivity contribution in [1.82, 2.24) is 5.32 Å². The average Bonchev–Trinajstić information content (AvgIpc) is 2.72. The molecule has 0 aromatic heterocycles. The molecule has 1 aromatic rings. The Balaban J connectivity index is 2.10. The largest absolute Gasteiger partial charge is 0.324 e. The van der Waals surface area contributed by atoms with Crippen LogP contribution in [-0.4, -0.2) is 18.0 Å². The highest BCUT2D eigenvalue weighted by molar-refractivity contribution is 9.10. The van der Waals surface area contributed by atoms with Crippen LogP contribution in [0.1, 0.15) is 19.8 Å². The van der Waals surface area contributed by atoms with Gasteiger partial charge in [-0.3, -0.25) is 4.79 Å². The van der Waals surface area contributed by atoms with Crippen molar-refractivity contribution in [2.75, 3.05) is 11.9 Å². The van der Waals surface area contributed by atoms with E-state index in [4.69, 9.17) is 0 Å². The van der Waals surface area contributed by atoms with E-state index in [1.165, 1.54) is 6.07 Å². The van der Waals surface area contributed by atoms with Gasteiger partial charge in [0.15, 0.2) is 0 Å². The summed E-state index contributed by atoms with van der Waals surface area (Å²) in [6, 6.07) is 4.55. The Hall–Kier alpha value is -0.940. The molecule has 92 valence electrons. The predicted molar refractivity (Wildman–Crippen MR) is 68.4 cm³/mol. The van der Waals surface area contributed by atoms with Crippen molar-refractivity contribution in [1.29, 1.82) is 0 Å². The Morgan fingerprint density at radius 3 is 2.94 bits per heavy atom. The number of nitrogens with one attached hydrogen (secondary N) is 2. The molecule has 0 aliphatic carbocycles. The zero-order valence-electron chi connectivity index (χ0n) is 9.52. The Kier molecular flexibility index (Phi) is 3.49. The lowest BCUT2D eigenvalue weighted by Gasteiger charge is -2.23. The first-order valence-electron chi connectivity index (χ1n) is 5.53. The van der Waals surface area contributed by atoms with Crippen LogP contribution in [0.3, 0.4) is 0 Å². The van der Waals surface area contributed by atoms with E-state index in [2.05, 4.69) is 26.6 Å². The van der Waals surface area contributed by atoms with Gasteiger partial charge in [-0.05, 0) is 60.4 Å². The summed E-state index contributed by atoms with van der Waals surface area (Å²) in [4.78, 5) is 12.0. The minimum Gasteiger partial charge on any atom is -0.324 e. The molecule has 1 aromatic carbocycles. The van der Waals surface area contributed by atoms with Crippen molar-refractivity contribution < 1.29 is 9.18 Å². The maximum absolute atomic E-state index is 13.3. The van der Waals surface area contributed by atoms with Gasteiger partial charge in [0.05, 0.1) is 10.0 Å². The summed E-state index contributed by atoms with van der Waals surface area (Å²) in [5, 5.41) is 5.89. The monoisotopic (exact) mass is 300 g/mol. The van der Waals surface area contributed by atoms with E-state index in [0.717, 1.165) is 19.4 Å². The molecule has 1 aliphatic rings. The van der Waals surface area contributed by atoms with E-state index >= 15 is 0 Å². The van der Waals surface area contributed by atoms with Crippen LogP contribution >= 0.6 is 15.9 Å². The third-order valence-electron chi connectivity index (χ3n) is 3.05. The second-order valence-electron chi connectivity index (χ2n) is 4.45. The van der Waals surface area contributed by atoms with Crippen molar-refractivity contribution in [3.8, 4) is 0 Å². The predicted octanol–water partition coefficient (Wildman–Crippen LogP) is 2.67. The summed E-state index contributed by atoms with van der Waals surface area (Å²) in [6.07, 6.45) is 1.79. The van der Waals surface area contributed by atoms with Crippen molar-refractivity contribution in [2.24, 2.45) is 0 Å². The highest BCUT2D eigenvalue weighted by Gasteiger charge is 2.35. The van der Waals surface area contributed by atoms with Crippen LogP contribution in [0.25, 0.3) is 0 Å². The van der Waals surface area contributed by atoms with E-state index in [-0.39, 0.29) is 11.7 Å². The Labute approximate surface area is 108 Å². The zero-order valence-corrected chi connectivity index (χ0v) is 11.1. The first kappa shape index (κ1) is 12.5. The summed E-state index contributed by atoms with van der Waals surface area (Å²) in [6.45, 7) is 2.71. The number of carbonyl (C=O) groups is 1. The maximum Gasteiger partial charge on any atom is 0.244 e. The Bertz CT molecular complexity index is 444. The highest BCUT2D eigenvalue weighted by atomic mass is 79.9. The second-order valence-corrected chi connectivity index (χ2v) is 5.30. The number of halogens is 2. The van der Waals surface area contributed by atoms with Gasteiger partial charge in [-0.2, -0.15) is 0 Å². The summed E-state index contributed by atoms with van der Waals surface area (Å²) in [7, 11) is 0. The maximum atomic E-state index is 13.3. The SMILES string of the molecule is CC1(C(=O)Nc2ccc(Br)c(F)c2)CCCN1. The number of hydrogen-bond acceptors (Lipinski definition) is 2. The first-order chi connectivity index (χ1) is 8.01. The average molecular weight is 301 g/mol. The minimum absolute atomic E-state index is 0.114. The molecule has 17 heavy (non-hydrogen) atoms. The molecule has 0 bridgehead atoms. The molecule has 2 rings (SSSR count). The molecule has 2 N–H and O–H groups in total. The third-order valence-corrected chi connectivity index (χ3v) is 3.69. The van der Waals surface area contributed by atoms with Crippen LogP contribution in [-0.2, 0) is 4.79 Å². The van der Waals surface area contributed by atoms with Gasteiger partial charge in [-0.1, -0.05) is 0 Å². The van der Waals surface area contributed by atoms with Gasteiger partial charge in [0.1, 0.15) is 5.82 Å². The van der Waals surface area contributed by atoms with Gasteiger partial charge < -0.3 is 10.6 Å². The fourth-order valence-electron chi connectivity index (χ4n) is 1.93. The van der Waals surface area contributed by atoms with E-state index in [1.807, 2.05) is 6.92 Å². The molecule has 0 radical (unpaired) electrons. The lowest BCUT2D eigenvalue weighted by atomic mass is 9.99. The molecule has 0 spiro atoms. The molecular formula is C12H14BrFN2O. The standard InChI is InChI=1S/C12H14BrFN2O/c1-12(5-2-6-15-12)11(17)16-8-3-4-9(13)10(14)7-8/h3-4,7,15H,2,5-6H2,1H3,(H,16,17). The fourth-order valence-corrected chi connectivity index (χ4v) is 2.18. The molecule has 3 nitrogen and oxygen atoms in total. The van der Waals surface area contributed by atoms with Gasteiger partial charge in [0.25, 0.3) is 0 Å². The summed E-state index contributed by atoms with van der Waals surface area (Å²) in [5.74, 6) is -0.496. The fraction of sp³-hybridized carbons (Fsp3) is 0.417. The molecule has 1 fully saturated rings. The summed E-state index contributed by atoms with van der Waals surface area (Å²) >= 11 is 3.07. The molecule has 1 unspecified atom stereocenters. The van der Waals surface area contributed by atoms with Crippen molar-refractivity contribution in [3.05, 3.63) is 28.5 Å². The van der Waals surface area contributed by atoms with Crippen LogP contribution in [0, 0.1) is 5.82 Å². The number of hydrogen-bond donors (Lipinski definition) is 2. The van der Waals surface area contributed by atoms with Gasteiger partial charge in [-0.15, -0.1) is 0 Å². The third kappa shape index (κ3) is 2.66. The Morgan fingerprint density at radius 1 is 1.59 bits per heavy atom. The Morgan fingerprint density at radius 2 is 2.35 bits per heavy atom. The number of anilines is 1. The van der Waals surface area contributed by atoms with Crippen LogP contribution in [0.2, 0.25) is 0 Å². The first-order valence-corrected chi connectivity index (χ1v) is 6.32. The number of carbonyl (C=O) groups excluding carboxylic acids is 1. The molecule has 1 saturated heterocycles. The molecule has 1 amide bonds. The second kappa shape index (κ2) is 4.74. The van der Waals surface area contributed by atoms with Crippen LogP contribution in [0.4, 0.5) is 10.1 Å². The number of amides is 1. The molecular weight excluding hydrogens is 287 g/mol. The van der Waals surface area contributed by atoms with Gasteiger partial charge in [0, 0.05) is 5.69 Å². The number of rotatable bonds is 2. The molecule has 0 saturated carbocycles. The quantitative estimate of drug-likeness (QED) is 0.882. The van der Waals surface area contributed by atoms with Crippen LogP contribution in [0.5, 0.6) is 0 Å². The zero-order chi connectivity index (χ0) is 12.5. The van der Waals surface area contributed by atoms with E-state index in [0.29, 0.717) is 10.2 Å². The lowest BCUT2D eigenvalue weighted by Crippen LogP contribution is -2.47. The van der Waals surface area contributed by atoms with Crippen molar-refractivity contribution >= 4 is 27.5 Å². The topological polar surface area (TPSA) is 41.1 Å². The van der Waals surface area contributed by atoms with Gasteiger partial charge in [-0.25, -0.2) is 4.39 Å². The lowest BCUT2D eigenvalue weighted by molar-refractivity contribution is -0.121. The minimum atomic E-state index is -0.538. The highest BCUT2D eigenvalue weighted by Crippen LogP contribution is 2.23. The molecule has 5 heteroatoms. The van der Waals surface area contributed by atoms with Crippen molar-refractivity contribution in [3.63, 3.8) is 0 Å². The smallest absolute Gasteiger partial charge is 0.244 e. The van der Waals surface area contributed by atoms with Crippen LogP contribution < -0.4 is 10.6 Å². The van der Waals surface area contributed by atoms with Crippen molar-refractivity contribution in [2.45, 2.75) is 25.3 Å². The normalized spacial score (nSPS) is 23.7. The van der Waals surface area contributed by atoms with Crippen LogP contribution in [0.15, 0.2) is 22.7 Å². The van der Waals surface area contributed by atoms with E-state index in [9.17, 15) is 9.18 Å². The van der Waals surface area contributed by atoms with E-state index < -0.39 is 5.54 Å². The summed E-state index contributed by atoms with van der Waals surface area (Å²) in [5.41, 5.74) is -0.0607. The number of benzene rings is 1. The molecule has 1 heterocycles. The molecule has 1 aliphatic heterocycles. The molecule has 1 atom stereocenters. The van der Waals surface area contributed by atoms with E-state index in [1.54, 1.807) is 12.1 Å².